The molecule has 0 unspecified atom stereocenters. The van der Waals surface area contributed by atoms with Crippen LogP contribution in [0.2, 0.25) is 0 Å². The monoisotopic (exact) mass is 402 g/mol. The third-order valence-corrected chi connectivity index (χ3v) is 2.34. The summed E-state index contributed by atoms with van der Waals surface area (Å²) in [5.74, 6) is -2.84. The molecule has 0 amide bonds. The van der Waals surface area contributed by atoms with Crippen LogP contribution in [0.1, 0.15) is 0 Å². The third-order valence-electron chi connectivity index (χ3n) is 2.34. The summed E-state index contributed by atoms with van der Waals surface area (Å²) in [5.41, 5.74) is 0. The molecule has 0 atom stereocenters. The van der Waals surface area contributed by atoms with E-state index in [0.717, 1.165) is 0 Å². The second-order valence-electron chi connectivity index (χ2n) is 4.67. The van der Waals surface area contributed by atoms with Gasteiger partial charge >= 0.3 is 18.5 Å². The van der Waals surface area contributed by atoms with Crippen molar-refractivity contribution < 1.29 is 44.6 Å². The topological polar surface area (TPSA) is 86.2 Å². The lowest BCUT2D eigenvalue weighted by Crippen LogP contribution is -2.36. The Morgan fingerprint density at radius 1 is 0.731 bits per heavy atom. The third kappa shape index (κ3) is 8.72. The number of alkyl halides is 9. The van der Waals surface area contributed by atoms with Crippen LogP contribution >= 0.6 is 0 Å². The van der Waals surface area contributed by atoms with Gasteiger partial charge in [-0.3, -0.25) is 0 Å². The van der Waals surface area contributed by atoms with E-state index in [1.165, 1.54) is 0 Å². The van der Waals surface area contributed by atoms with Crippen molar-refractivity contribution in [2.75, 3.05) is 41.9 Å². The van der Waals surface area contributed by atoms with E-state index >= 15 is 0 Å². The molecule has 1 aromatic heterocycles. The van der Waals surface area contributed by atoms with Gasteiger partial charge in [0.2, 0.25) is 17.8 Å². The summed E-state index contributed by atoms with van der Waals surface area (Å²) < 4.78 is 110. The van der Waals surface area contributed by atoms with Crippen LogP contribution in [0.25, 0.3) is 0 Å². The first kappa shape index (κ1) is 21.8. The second kappa shape index (κ2) is 7.96. The molecule has 1 rings (SSSR count). The summed E-state index contributed by atoms with van der Waals surface area (Å²) in [6.07, 6.45) is -14.4. The first-order valence-corrected chi connectivity index (χ1v) is 6.48. The van der Waals surface area contributed by atoms with Crippen molar-refractivity contribution in [3.63, 3.8) is 0 Å². The fourth-order valence-electron chi connectivity index (χ4n) is 1.42. The molecule has 0 aliphatic rings. The van der Waals surface area contributed by atoms with Crippen LogP contribution in [-0.2, 0) is 0 Å². The zero-order valence-corrected chi connectivity index (χ0v) is 12.5. The van der Waals surface area contributed by atoms with Gasteiger partial charge in [-0.1, -0.05) is 0 Å². The van der Waals surface area contributed by atoms with E-state index < -0.39 is 62.7 Å². The van der Waals surface area contributed by atoms with E-state index in [0.29, 0.717) is 0 Å². The molecular formula is C10H11F9N6O. The highest BCUT2D eigenvalue weighted by molar-refractivity contribution is 5.44. The van der Waals surface area contributed by atoms with Gasteiger partial charge in [0.25, 0.3) is 0 Å². The Labute approximate surface area is 139 Å². The summed E-state index contributed by atoms with van der Waals surface area (Å²) in [5, 5.41) is 12.2. The molecule has 7 nitrogen and oxygen atoms in total. The molecule has 0 saturated carbocycles. The number of aromatic nitrogens is 3. The molecule has 0 aliphatic heterocycles. The number of nitrogens with zero attached hydrogens (tertiary/aromatic N) is 4. The van der Waals surface area contributed by atoms with Gasteiger partial charge in [-0.2, -0.15) is 54.5 Å². The lowest BCUT2D eigenvalue weighted by molar-refractivity contribution is -0.121. The number of anilines is 3. The van der Waals surface area contributed by atoms with Crippen LogP contribution < -0.4 is 15.5 Å². The molecule has 16 heteroatoms. The largest absolute Gasteiger partial charge is 0.406 e. The quantitative estimate of drug-likeness (QED) is 0.476. The first-order valence-electron chi connectivity index (χ1n) is 6.48. The normalized spacial score (nSPS) is 12.8. The van der Waals surface area contributed by atoms with Crippen molar-refractivity contribution >= 4 is 17.8 Å². The summed E-state index contributed by atoms with van der Waals surface area (Å²) in [6, 6.07) is 0. The average molecular weight is 402 g/mol. The number of aliphatic hydroxyl groups is 1. The summed E-state index contributed by atoms with van der Waals surface area (Å²) in [4.78, 5) is 9.80. The van der Waals surface area contributed by atoms with Crippen LogP contribution in [0.3, 0.4) is 0 Å². The molecule has 0 aromatic carbocycles. The number of nitrogens with one attached hydrogen (secondary N) is 2. The first-order chi connectivity index (χ1) is 11.7. The Kier molecular flexibility index (Phi) is 6.67. The Hall–Kier alpha value is -2.26. The Morgan fingerprint density at radius 3 is 1.46 bits per heavy atom. The molecule has 150 valence electrons. The Bertz CT molecular complexity index is 552. The van der Waals surface area contributed by atoms with Gasteiger partial charge in [-0.05, 0) is 0 Å². The lowest BCUT2D eigenvalue weighted by Gasteiger charge is -2.22. The molecule has 1 heterocycles. The molecule has 0 bridgehead atoms. The number of rotatable bonds is 7. The van der Waals surface area contributed by atoms with Crippen LogP contribution in [0, 0.1) is 0 Å². The van der Waals surface area contributed by atoms with Gasteiger partial charge in [-0.15, -0.1) is 0 Å². The lowest BCUT2D eigenvalue weighted by atomic mass is 10.5. The van der Waals surface area contributed by atoms with E-state index in [9.17, 15) is 39.5 Å². The zero-order chi connectivity index (χ0) is 20.2. The second-order valence-corrected chi connectivity index (χ2v) is 4.67. The maximum atomic E-state index is 12.4. The standard InChI is InChI=1S/C10H11F9N6O/c11-8(12,13)1-20-5-22-6(21-2-9(14,15)16)24-7(23-5)25(4-26)3-10(17,18)19/h26H,1-4H2,(H2,20,21,22,23,24). The van der Waals surface area contributed by atoms with Crippen molar-refractivity contribution in [1.29, 1.82) is 0 Å². The SMILES string of the molecule is OCN(CC(F)(F)F)c1nc(NCC(F)(F)F)nc(NCC(F)(F)F)n1. The van der Waals surface area contributed by atoms with E-state index in [4.69, 9.17) is 5.11 Å². The van der Waals surface area contributed by atoms with Gasteiger partial charge < -0.3 is 20.6 Å². The van der Waals surface area contributed by atoms with Gasteiger partial charge in [0.15, 0.2) is 0 Å². The fourth-order valence-corrected chi connectivity index (χ4v) is 1.42. The molecule has 26 heavy (non-hydrogen) atoms. The molecular weight excluding hydrogens is 391 g/mol. The molecule has 0 fully saturated rings. The number of halogens is 9. The van der Waals surface area contributed by atoms with Crippen molar-refractivity contribution in [2.24, 2.45) is 0 Å². The minimum absolute atomic E-state index is 0.0826. The molecule has 0 aliphatic carbocycles. The highest BCUT2D eigenvalue weighted by Crippen LogP contribution is 2.22. The highest BCUT2D eigenvalue weighted by atomic mass is 19.4. The molecule has 0 spiro atoms. The van der Waals surface area contributed by atoms with Crippen molar-refractivity contribution in [3.05, 3.63) is 0 Å². The van der Waals surface area contributed by atoms with E-state index in [1.54, 1.807) is 10.6 Å². The minimum atomic E-state index is -4.85. The van der Waals surface area contributed by atoms with Crippen LogP contribution in [0.15, 0.2) is 0 Å². The molecule has 3 N–H and O–H groups in total. The van der Waals surface area contributed by atoms with Crippen molar-refractivity contribution in [3.8, 4) is 0 Å². The zero-order valence-electron chi connectivity index (χ0n) is 12.5. The number of aliphatic hydroxyl groups excluding tert-OH is 1. The van der Waals surface area contributed by atoms with E-state index in [-0.39, 0.29) is 4.90 Å². The van der Waals surface area contributed by atoms with Gasteiger partial charge in [-0.25, -0.2) is 0 Å². The predicted molar refractivity (Wildman–Crippen MR) is 69.4 cm³/mol. The average Bonchev–Trinajstić information content (AvgIpc) is 2.46. The number of hydrogen-bond acceptors (Lipinski definition) is 7. The smallest absolute Gasteiger partial charge is 0.376 e. The van der Waals surface area contributed by atoms with Gasteiger partial charge in [0, 0.05) is 0 Å². The number of hydrogen-bond donors (Lipinski definition) is 3. The Morgan fingerprint density at radius 2 is 1.15 bits per heavy atom. The molecule has 0 saturated heterocycles. The maximum absolute atomic E-state index is 12.4. The summed E-state index contributed by atoms with van der Waals surface area (Å²) >= 11 is 0. The summed E-state index contributed by atoms with van der Waals surface area (Å²) in [6.45, 7) is -6.51. The van der Waals surface area contributed by atoms with Crippen LogP contribution in [-0.4, -0.2) is 65.0 Å². The highest BCUT2D eigenvalue weighted by Gasteiger charge is 2.33. The summed E-state index contributed by atoms with van der Waals surface area (Å²) in [7, 11) is 0. The van der Waals surface area contributed by atoms with Gasteiger partial charge in [0.05, 0.1) is 0 Å². The predicted octanol–water partition coefficient (Wildman–Crippen LogP) is 2.14. The molecule has 0 radical (unpaired) electrons. The minimum Gasteiger partial charge on any atom is -0.376 e. The Balaban J connectivity index is 3.12. The maximum Gasteiger partial charge on any atom is 0.406 e. The van der Waals surface area contributed by atoms with E-state index in [2.05, 4.69) is 15.0 Å². The molecule has 1 aromatic rings. The fraction of sp³-hybridized carbons (Fsp3) is 0.700. The van der Waals surface area contributed by atoms with Gasteiger partial charge in [0.1, 0.15) is 26.4 Å². The van der Waals surface area contributed by atoms with E-state index in [1.807, 2.05) is 0 Å². The van der Waals surface area contributed by atoms with Crippen molar-refractivity contribution in [2.45, 2.75) is 18.5 Å². The van der Waals surface area contributed by atoms with Crippen molar-refractivity contribution in [1.82, 2.24) is 15.0 Å². The van der Waals surface area contributed by atoms with Crippen LogP contribution in [0.5, 0.6) is 0 Å². The van der Waals surface area contributed by atoms with Crippen LogP contribution in [0.4, 0.5) is 57.4 Å².